The summed E-state index contributed by atoms with van der Waals surface area (Å²) in [5.74, 6) is 0.725. The van der Waals surface area contributed by atoms with E-state index in [9.17, 15) is 4.79 Å². The van der Waals surface area contributed by atoms with Gasteiger partial charge in [-0.05, 0) is 30.7 Å². The van der Waals surface area contributed by atoms with E-state index in [-0.39, 0.29) is 5.91 Å². The Morgan fingerprint density at radius 1 is 1.22 bits per heavy atom. The maximum atomic E-state index is 13.8. The number of benzene rings is 2. The molecule has 170 valence electrons. The van der Waals surface area contributed by atoms with Crippen LogP contribution in [0.3, 0.4) is 0 Å². The van der Waals surface area contributed by atoms with Gasteiger partial charge in [-0.3, -0.25) is 14.6 Å². The number of hydrogen-bond donors (Lipinski definition) is 0. The van der Waals surface area contributed by atoms with Gasteiger partial charge in [-0.1, -0.05) is 35.1 Å². The number of carbonyl (C=O) groups is 1. The zero-order valence-corrected chi connectivity index (χ0v) is 20.0. The van der Waals surface area contributed by atoms with Crippen LogP contribution in [0.1, 0.15) is 15.9 Å². The topological polar surface area (TPSA) is 64.1 Å². The lowest BCUT2D eigenvalue weighted by molar-refractivity contribution is 0.0391. The first-order valence-corrected chi connectivity index (χ1v) is 11.6. The van der Waals surface area contributed by atoms with Crippen LogP contribution in [0.4, 0.5) is 5.13 Å². The van der Waals surface area contributed by atoms with Crippen LogP contribution < -0.4 is 14.4 Å². The average molecular weight is 476 g/mol. The van der Waals surface area contributed by atoms with E-state index in [1.807, 2.05) is 19.1 Å². The van der Waals surface area contributed by atoms with Gasteiger partial charge in [0.05, 0.1) is 48.2 Å². The molecular weight excluding hydrogens is 450 g/mol. The third-order valence-corrected chi connectivity index (χ3v) is 7.08. The Hall–Kier alpha value is -2.39. The number of morpholine rings is 1. The van der Waals surface area contributed by atoms with Crippen LogP contribution in [-0.4, -0.2) is 69.4 Å². The fraction of sp³-hybridized carbons (Fsp3) is 0.391. The summed E-state index contributed by atoms with van der Waals surface area (Å²) in [6.07, 6.45) is 0. The SMILES string of the molecule is COc1cccc(C(=O)N(CCN2CCOCC2)c2nc3c(C)ccc(Cl)c3s2)c1OC. The summed E-state index contributed by atoms with van der Waals surface area (Å²) < 4.78 is 17.3. The van der Waals surface area contributed by atoms with Gasteiger partial charge in [0.25, 0.3) is 5.91 Å². The number of aryl methyl sites for hydroxylation is 1. The van der Waals surface area contributed by atoms with Crippen LogP contribution in [0.25, 0.3) is 10.2 Å². The third kappa shape index (κ3) is 4.54. The highest BCUT2D eigenvalue weighted by molar-refractivity contribution is 7.23. The van der Waals surface area contributed by atoms with Crippen LogP contribution in [-0.2, 0) is 4.74 Å². The Bertz CT molecular complexity index is 1080. The fourth-order valence-corrected chi connectivity index (χ4v) is 5.10. The number of halogens is 1. The van der Waals surface area contributed by atoms with Gasteiger partial charge in [-0.2, -0.15) is 0 Å². The molecule has 0 aliphatic carbocycles. The first-order valence-electron chi connectivity index (χ1n) is 10.4. The second-order valence-electron chi connectivity index (χ2n) is 7.49. The quantitative estimate of drug-likeness (QED) is 0.509. The highest BCUT2D eigenvalue weighted by Gasteiger charge is 2.27. The van der Waals surface area contributed by atoms with Crippen molar-refractivity contribution in [3.8, 4) is 11.5 Å². The summed E-state index contributed by atoms with van der Waals surface area (Å²) in [5.41, 5.74) is 2.27. The van der Waals surface area contributed by atoms with E-state index >= 15 is 0 Å². The van der Waals surface area contributed by atoms with Gasteiger partial charge in [0, 0.05) is 26.2 Å². The van der Waals surface area contributed by atoms with Crippen molar-refractivity contribution < 1.29 is 19.0 Å². The number of fused-ring (bicyclic) bond motifs is 1. The summed E-state index contributed by atoms with van der Waals surface area (Å²) in [6, 6.07) is 9.12. The molecule has 1 aliphatic rings. The normalized spacial score (nSPS) is 14.5. The molecule has 0 atom stereocenters. The second-order valence-corrected chi connectivity index (χ2v) is 8.88. The number of para-hydroxylation sites is 1. The van der Waals surface area contributed by atoms with E-state index in [1.165, 1.54) is 18.4 Å². The smallest absolute Gasteiger partial charge is 0.264 e. The Labute approximate surface area is 196 Å². The second kappa shape index (κ2) is 10.0. The zero-order chi connectivity index (χ0) is 22.7. The molecule has 1 saturated heterocycles. The maximum Gasteiger partial charge on any atom is 0.264 e. The monoisotopic (exact) mass is 475 g/mol. The van der Waals surface area contributed by atoms with Gasteiger partial charge >= 0.3 is 0 Å². The van der Waals surface area contributed by atoms with Gasteiger partial charge in [0.2, 0.25) is 0 Å². The Kier molecular flexibility index (Phi) is 7.15. The highest BCUT2D eigenvalue weighted by atomic mass is 35.5. The molecule has 0 radical (unpaired) electrons. The van der Waals surface area contributed by atoms with Crippen LogP contribution >= 0.6 is 22.9 Å². The molecule has 1 aromatic heterocycles. The predicted octanol–water partition coefficient (Wildman–Crippen LogP) is 4.25. The van der Waals surface area contributed by atoms with E-state index in [0.717, 1.165) is 28.9 Å². The lowest BCUT2D eigenvalue weighted by atomic mass is 10.1. The van der Waals surface area contributed by atoms with Gasteiger partial charge < -0.3 is 14.2 Å². The molecule has 32 heavy (non-hydrogen) atoms. The molecule has 0 spiro atoms. The molecule has 0 N–H and O–H groups in total. The molecule has 2 heterocycles. The maximum absolute atomic E-state index is 13.8. The molecule has 1 amide bonds. The van der Waals surface area contributed by atoms with Crippen molar-refractivity contribution in [1.82, 2.24) is 9.88 Å². The number of ether oxygens (including phenoxy) is 3. The van der Waals surface area contributed by atoms with E-state index in [0.29, 0.717) is 53.5 Å². The van der Waals surface area contributed by atoms with Crippen LogP contribution in [0, 0.1) is 6.92 Å². The number of aromatic nitrogens is 1. The average Bonchev–Trinajstić information content (AvgIpc) is 3.28. The van der Waals surface area contributed by atoms with Crippen molar-refractivity contribution in [1.29, 1.82) is 0 Å². The van der Waals surface area contributed by atoms with Gasteiger partial charge in [0.1, 0.15) is 0 Å². The molecule has 0 saturated carbocycles. The molecule has 0 bridgehead atoms. The van der Waals surface area contributed by atoms with Crippen molar-refractivity contribution >= 4 is 44.2 Å². The summed E-state index contributed by atoms with van der Waals surface area (Å²) in [4.78, 5) is 22.6. The van der Waals surface area contributed by atoms with E-state index in [1.54, 1.807) is 30.2 Å². The first-order chi connectivity index (χ1) is 15.5. The number of nitrogens with zero attached hydrogens (tertiary/aromatic N) is 3. The van der Waals surface area contributed by atoms with Crippen LogP contribution in [0.5, 0.6) is 11.5 Å². The fourth-order valence-electron chi connectivity index (χ4n) is 3.76. The first kappa shape index (κ1) is 22.8. The molecule has 3 aromatic rings. The van der Waals surface area contributed by atoms with Crippen LogP contribution in [0.2, 0.25) is 5.02 Å². The van der Waals surface area contributed by atoms with Crippen LogP contribution in [0.15, 0.2) is 30.3 Å². The van der Waals surface area contributed by atoms with Gasteiger partial charge in [-0.25, -0.2) is 4.98 Å². The Morgan fingerprint density at radius 3 is 2.69 bits per heavy atom. The Morgan fingerprint density at radius 2 is 2.00 bits per heavy atom. The van der Waals surface area contributed by atoms with Gasteiger partial charge in [0.15, 0.2) is 16.6 Å². The molecule has 1 fully saturated rings. The molecule has 9 heteroatoms. The molecule has 4 rings (SSSR count). The molecule has 2 aromatic carbocycles. The number of anilines is 1. The standard InChI is InChI=1S/C23H26ClN3O4S/c1-15-7-8-17(24)21-19(15)25-23(32-21)27(10-9-26-11-13-31-14-12-26)22(28)16-5-4-6-18(29-2)20(16)30-3/h4-8H,9-14H2,1-3H3. The number of carbonyl (C=O) groups excluding carboxylic acids is 1. The van der Waals surface area contributed by atoms with Crippen molar-refractivity contribution in [3.63, 3.8) is 0 Å². The highest BCUT2D eigenvalue weighted by Crippen LogP contribution is 2.37. The largest absolute Gasteiger partial charge is 0.493 e. The predicted molar refractivity (Wildman–Crippen MR) is 128 cm³/mol. The lowest BCUT2D eigenvalue weighted by Gasteiger charge is -2.29. The summed E-state index contributed by atoms with van der Waals surface area (Å²) in [6.45, 7) is 6.28. The van der Waals surface area contributed by atoms with Crippen molar-refractivity contribution in [3.05, 3.63) is 46.5 Å². The molecule has 0 unspecified atom stereocenters. The molecular formula is C23H26ClN3O4S. The summed E-state index contributed by atoms with van der Waals surface area (Å²) in [5, 5.41) is 1.24. The van der Waals surface area contributed by atoms with Crippen molar-refractivity contribution in [2.24, 2.45) is 0 Å². The number of methoxy groups -OCH3 is 2. The lowest BCUT2D eigenvalue weighted by Crippen LogP contribution is -2.43. The number of rotatable bonds is 7. The van der Waals surface area contributed by atoms with E-state index in [4.69, 9.17) is 30.8 Å². The number of thiazole rings is 1. The minimum absolute atomic E-state index is 0.193. The van der Waals surface area contributed by atoms with Gasteiger partial charge in [-0.15, -0.1) is 0 Å². The summed E-state index contributed by atoms with van der Waals surface area (Å²) in [7, 11) is 3.09. The van der Waals surface area contributed by atoms with Crippen molar-refractivity contribution in [2.75, 3.05) is 58.5 Å². The number of hydrogen-bond acceptors (Lipinski definition) is 7. The minimum atomic E-state index is -0.193. The zero-order valence-electron chi connectivity index (χ0n) is 18.4. The third-order valence-electron chi connectivity index (χ3n) is 5.54. The summed E-state index contributed by atoms with van der Waals surface area (Å²) >= 11 is 7.86. The molecule has 1 aliphatic heterocycles. The van der Waals surface area contributed by atoms with Crippen molar-refractivity contribution in [2.45, 2.75) is 6.92 Å². The minimum Gasteiger partial charge on any atom is -0.493 e. The Balaban J connectivity index is 1.73. The molecule has 7 nitrogen and oxygen atoms in total. The van der Waals surface area contributed by atoms with E-state index < -0.39 is 0 Å². The number of amides is 1. The van der Waals surface area contributed by atoms with E-state index in [2.05, 4.69) is 4.90 Å².